The van der Waals surface area contributed by atoms with Crippen LogP contribution in [-0.4, -0.2) is 44.1 Å². The zero-order valence-electron chi connectivity index (χ0n) is 22.9. The smallest absolute Gasteiger partial charge is 0.262 e. The van der Waals surface area contributed by atoms with Gasteiger partial charge in [0.2, 0.25) is 0 Å². The topological polar surface area (TPSA) is 47.9 Å². The lowest BCUT2D eigenvalue weighted by molar-refractivity contribution is -0.248. The molecule has 0 amide bonds. The minimum atomic E-state index is -2.73. The van der Waals surface area contributed by atoms with E-state index in [1.807, 2.05) is 19.1 Å². The summed E-state index contributed by atoms with van der Waals surface area (Å²) in [5.41, 5.74) is -1.67. The van der Waals surface area contributed by atoms with E-state index in [4.69, 9.17) is 13.9 Å². The van der Waals surface area contributed by atoms with Gasteiger partial charge in [-0.3, -0.25) is 0 Å². The molecule has 0 radical (unpaired) electrons. The average Bonchev–Trinajstić information content (AvgIpc) is 3.27. The van der Waals surface area contributed by atoms with Crippen LogP contribution in [0.3, 0.4) is 0 Å². The third-order valence-corrected chi connectivity index (χ3v) is 13.2. The summed E-state index contributed by atoms with van der Waals surface area (Å²) >= 11 is 0. The highest BCUT2D eigenvalue weighted by molar-refractivity contribution is 6.99. The Kier molecular flexibility index (Phi) is 7.33. The molecule has 1 saturated heterocycles. The Labute approximate surface area is 218 Å². The monoisotopic (exact) mass is 506 g/mol. The van der Waals surface area contributed by atoms with Gasteiger partial charge in [0.1, 0.15) is 11.7 Å². The van der Waals surface area contributed by atoms with Gasteiger partial charge in [0, 0.05) is 24.2 Å². The summed E-state index contributed by atoms with van der Waals surface area (Å²) < 4.78 is 19.1. The Balaban J connectivity index is 1.70. The maximum Gasteiger partial charge on any atom is 0.262 e. The highest BCUT2D eigenvalue weighted by Crippen LogP contribution is 2.53. The highest BCUT2D eigenvalue weighted by Gasteiger charge is 2.59. The Bertz CT molecular complexity index is 1050. The van der Waals surface area contributed by atoms with Crippen molar-refractivity contribution in [1.82, 2.24) is 0 Å². The number of hydrogen-bond acceptors (Lipinski definition) is 4. The van der Waals surface area contributed by atoms with Crippen LogP contribution >= 0.6 is 0 Å². The van der Waals surface area contributed by atoms with Crippen molar-refractivity contribution in [2.24, 2.45) is 11.3 Å². The van der Waals surface area contributed by atoms with Crippen molar-refractivity contribution in [1.29, 1.82) is 0 Å². The molecular formula is C31H42O4Si. The van der Waals surface area contributed by atoms with Crippen LogP contribution < -0.4 is 10.4 Å². The predicted molar refractivity (Wildman–Crippen MR) is 148 cm³/mol. The van der Waals surface area contributed by atoms with Crippen molar-refractivity contribution in [2.45, 2.75) is 83.8 Å². The second-order valence-electron chi connectivity index (χ2n) is 12.2. The van der Waals surface area contributed by atoms with Crippen LogP contribution in [0.5, 0.6) is 0 Å². The molecule has 36 heavy (non-hydrogen) atoms. The fraction of sp³-hybridized carbons (Fsp3) is 0.548. The quantitative estimate of drug-likeness (QED) is 0.474. The van der Waals surface area contributed by atoms with Crippen LogP contribution in [0.1, 0.15) is 61.3 Å². The average molecular weight is 507 g/mol. The molecule has 0 bridgehead atoms. The van der Waals surface area contributed by atoms with Gasteiger partial charge >= 0.3 is 0 Å². The molecular weight excluding hydrogens is 464 g/mol. The van der Waals surface area contributed by atoms with Crippen LogP contribution in [-0.2, 0) is 13.9 Å². The molecule has 3 atom stereocenters. The Hall–Kier alpha value is -1.94. The number of hydrogen-bond donors (Lipinski definition) is 1. The summed E-state index contributed by atoms with van der Waals surface area (Å²) in [6.45, 7) is 16.2. The first-order valence-corrected chi connectivity index (χ1v) is 15.1. The molecule has 0 aromatic heterocycles. The molecule has 2 aromatic rings. The van der Waals surface area contributed by atoms with E-state index in [1.54, 1.807) is 0 Å². The lowest BCUT2D eigenvalue weighted by Gasteiger charge is -2.52. The number of benzene rings is 2. The van der Waals surface area contributed by atoms with Crippen molar-refractivity contribution >= 4 is 18.7 Å². The van der Waals surface area contributed by atoms with Crippen molar-refractivity contribution < 1.29 is 19.0 Å². The largest absolute Gasteiger partial charge is 0.394 e. The van der Waals surface area contributed by atoms with Gasteiger partial charge in [-0.2, -0.15) is 0 Å². The van der Waals surface area contributed by atoms with Crippen molar-refractivity contribution in [3.63, 3.8) is 0 Å². The first-order valence-electron chi connectivity index (χ1n) is 13.2. The summed E-state index contributed by atoms with van der Waals surface area (Å²) in [5.74, 6) is 5.96. The van der Waals surface area contributed by atoms with Crippen molar-refractivity contribution in [2.75, 3.05) is 13.2 Å². The maximum atomic E-state index is 11.9. The zero-order valence-corrected chi connectivity index (χ0v) is 23.9. The molecule has 2 aromatic carbocycles. The summed E-state index contributed by atoms with van der Waals surface area (Å²) in [7, 11) is -2.73. The normalized spacial score (nSPS) is 26.3. The van der Waals surface area contributed by atoms with E-state index >= 15 is 0 Å². The minimum absolute atomic E-state index is 0.105. The third-order valence-electron chi connectivity index (χ3n) is 8.12. The van der Waals surface area contributed by atoms with Crippen LogP contribution in [0.4, 0.5) is 0 Å². The summed E-state index contributed by atoms with van der Waals surface area (Å²) in [6, 6.07) is 21.2. The molecule has 4 nitrogen and oxygen atoms in total. The highest BCUT2D eigenvalue weighted by atomic mass is 28.4. The molecule has 4 rings (SSSR count). The third kappa shape index (κ3) is 4.71. The number of ether oxygens (including phenoxy) is 2. The number of aliphatic hydroxyl groups is 1. The van der Waals surface area contributed by atoms with Crippen LogP contribution in [0, 0.1) is 23.2 Å². The van der Waals surface area contributed by atoms with E-state index in [1.165, 1.54) is 10.4 Å². The fourth-order valence-electron chi connectivity index (χ4n) is 6.37. The minimum Gasteiger partial charge on any atom is -0.394 e. The summed E-state index contributed by atoms with van der Waals surface area (Å²) in [5, 5.41) is 14.2. The van der Waals surface area contributed by atoms with Gasteiger partial charge in [-0.05, 0) is 22.3 Å². The fourth-order valence-corrected chi connectivity index (χ4v) is 11.0. The van der Waals surface area contributed by atoms with Gasteiger partial charge in [0.15, 0.2) is 5.79 Å². The summed E-state index contributed by atoms with van der Waals surface area (Å²) in [6.07, 6.45) is 0.878. The van der Waals surface area contributed by atoms with Gasteiger partial charge in [0.05, 0.1) is 13.2 Å². The Morgan fingerprint density at radius 3 is 1.92 bits per heavy atom. The zero-order chi connectivity index (χ0) is 26.2. The van der Waals surface area contributed by atoms with Crippen LogP contribution in [0.2, 0.25) is 5.04 Å². The van der Waals surface area contributed by atoms with Gasteiger partial charge in [0.25, 0.3) is 8.32 Å². The van der Waals surface area contributed by atoms with E-state index in [2.05, 4.69) is 102 Å². The second-order valence-corrected chi connectivity index (χ2v) is 16.5. The lowest BCUT2D eigenvalue weighted by atomic mass is 9.59. The molecule has 1 heterocycles. The first kappa shape index (κ1) is 27.1. The standard InChI is InChI=1S/C31H42O4Si/c1-24-22-30(33-20-21-34-30)23-29(6,7)31(24,32)19-18-25(2)35-36(28(3,4)5,26-14-10-8-11-15-26)27-16-12-9-13-17-27/h8-17,24-25,32H,20-23H2,1-7H3. The van der Waals surface area contributed by atoms with E-state index < -0.39 is 25.1 Å². The maximum absolute atomic E-state index is 11.9. The molecule has 1 saturated carbocycles. The first-order chi connectivity index (χ1) is 16.9. The van der Waals surface area contributed by atoms with Gasteiger partial charge in [-0.1, -0.05) is 114 Å². The Morgan fingerprint density at radius 1 is 0.972 bits per heavy atom. The van der Waals surface area contributed by atoms with E-state index in [-0.39, 0.29) is 17.1 Å². The van der Waals surface area contributed by atoms with Gasteiger partial charge in [-0.15, -0.1) is 0 Å². The molecule has 2 fully saturated rings. The SMILES string of the molecule is CC(C#CC1(O)C(C)CC2(CC1(C)C)OCCO2)O[Si](c1ccccc1)(c1ccccc1)C(C)(C)C. The number of rotatable bonds is 4. The molecule has 1 aliphatic heterocycles. The van der Waals surface area contributed by atoms with Gasteiger partial charge in [-0.25, -0.2) is 0 Å². The van der Waals surface area contributed by atoms with Gasteiger partial charge < -0.3 is 19.0 Å². The molecule has 5 heteroatoms. The molecule has 2 aliphatic rings. The molecule has 1 N–H and O–H groups in total. The molecule has 1 aliphatic carbocycles. The van der Waals surface area contributed by atoms with E-state index in [0.29, 0.717) is 26.1 Å². The molecule has 3 unspecified atom stereocenters. The molecule has 194 valence electrons. The van der Waals surface area contributed by atoms with Crippen LogP contribution in [0.25, 0.3) is 0 Å². The predicted octanol–water partition coefficient (Wildman–Crippen LogP) is 4.89. The molecule has 1 spiro atoms. The van der Waals surface area contributed by atoms with Crippen molar-refractivity contribution in [3.05, 3.63) is 60.7 Å². The van der Waals surface area contributed by atoms with E-state index in [9.17, 15) is 5.11 Å². The second kappa shape index (κ2) is 9.74. The Morgan fingerprint density at radius 2 is 1.47 bits per heavy atom. The van der Waals surface area contributed by atoms with Crippen molar-refractivity contribution in [3.8, 4) is 11.8 Å². The lowest BCUT2D eigenvalue weighted by Crippen LogP contribution is -2.67. The van der Waals surface area contributed by atoms with E-state index in [0.717, 1.165) is 0 Å². The van der Waals surface area contributed by atoms with Crippen LogP contribution in [0.15, 0.2) is 60.7 Å². The summed E-state index contributed by atoms with van der Waals surface area (Å²) in [4.78, 5) is 0.